The van der Waals surface area contributed by atoms with Gasteiger partial charge in [-0.15, -0.1) is 0 Å². The molecule has 1 aliphatic heterocycles. The average molecular weight is 526 g/mol. The van der Waals surface area contributed by atoms with Crippen LogP contribution >= 0.6 is 0 Å². The minimum atomic E-state index is -0.837. The average Bonchev–Trinajstić information content (AvgIpc) is 3.16. The van der Waals surface area contributed by atoms with Crippen molar-refractivity contribution in [2.45, 2.75) is 129 Å². The van der Waals surface area contributed by atoms with Gasteiger partial charge in [-0.3, -0.25) is 14.4 Å². The first-order valence-corrected chi connectivity index (χ1v) is 14.7. The number of esters is 1. The third-order valence-corrected chi connectivity index (χ3v) is 8.62. The fraction of sp³-hybridized carbons (Fsp3) is 0.710. The minimum absolute atomic E-state index is 0.0340. The van der Waals surface area contributed by atoms with Gasteiger partial charge in [0, 0.05) is 30.6 Å². The molecule has 3 N–H and O–H groups in total. The monoisotopic (exact) mass is 525 g/mol. The van der Waals surface area contributed by atoms with Crippen molar-refractivity contribution < 1.29 is 19.1 Å². The number of hydrogen-bond donors (Lipinski definition) is 2. The van der Waals surface area contributed by atoms with E-state index >= 15 is 0 Å². The molecular formula is C31H47N3O4. The first-order valence-electron chi connectivity index (χ1n) is 14.7. The predicted molar refractivity (Wildman–Crippen MR) is 148 cm³/mol. The second-order valence-corrected chi connectivity index (χ2v) is 12.9. The summed E-state index contributed by atoms with van der Waals surface area (Å²) < 4.78 is 5.37. The van der Waals surface area contributed by atoms with E-state index in [1.807, 2.05) is 6.07 Å². The van der Waals surface area contributed by atoms with Crippen molar-refractivity contribution in [2.75, 3.05) is 0 Å². The van der Waals surface area contributed by atoms with Crippen molar-refractivity contribution in [2.24, 2.45) is 17.6 Å². The van der Waals surface area contributed by atoms with Crippen molar-refractivity contribution in [3.05, 3.63) is 34.9 Å². The van der Waals surface area contributed by atoms with Crippen molar-refractivity contribution in [3.63, 3.8) is 0 Å². The third kappa shape index (κ3) is 7.37. The molecule has 7 nitrogen and oxygen atoms in total. The van der Waals surface area contributed by atoms with Crippen molar-refractivity contribution in [1.82, 2.24) is 10.2 Å². The molecule has 0 bridgehead atoms. The van der Waals surface area contributed by atoms with Gasteiger partial charge in [0.05, 0.1) is 0 Å². The molecule has 0 saturated heterocycles. The van der Waals surface area contributed by atoms with E-state index in [0.717, 1.165) is 17.9 Å². The van der Waals surface area contributed by atoms with Gasteiger partial charge >= 0.3 is 5.97 Å². The number of amides is 2. The van der Waals surface area contributed by atoms with E-state index in [9.17, 15) is 14.4 Å². The number of hydrogen-bond acceptors (Lipinski definition) is 5. The molecule has 1 aromatic rings. The topological polar surface area (TPSA) is 102 Å². The molecule has 2 saturated carbocycles. The zero-order valence-electron chi connectivity index (χ0n) is 23.8. The molecule has 1 aromatic carbocycles. The summed E-state index contributed by atoms with van der Waals surface area (Å²) in [6, 6.07) is 6.50. The van der Waals surface area contributed by atoms with Crippen LogP contribution in [0.4, 0.5) is 0 Å². The van der Waals surface area contributed by atoms with Gasteiger partial charge in [-0.05, 0) is 101 Å². The highest BCUT2D eigenvalue weighted by atomic mass is 16.6. The third-order valence-electron chi connectivity index (χ3n) is 8.62. The number of benzene rings is 1. The number of nitrogens with zero attached hydrogens (tertiary/aromatic N) is 1. The maximum absolute atomic E-state index is 13.2. The Morgan fingerprint density at radius 2 is 1.82 bits per heavy atom. The molecule has 0 aromatic heterocycles. The first kappa shape index (κ1) is 28.6. The Morgan fingerprint density at radius 3 is 2.50 bits per heavy atom. The van der Waals surface area contributed by atoms with E-state index in [2.05, 4.69) is 24.4 Å². The fourth-order valence-electron chi connectivity index (χ4n) is 6.58. The van der Waals surface area contributed by atoms with Gasteiger partial charge in [-0.2, -0.15) is 0 Å². The molecule has 7 heteroatoms. The van der Waals surface area contributed by atoms with E-state index in [0.29, 0.717) is 30.1 Å². The van der Waals surface area contributed by atoms with Crippen LogP contribution in [0.1, 0.15) is 113 Å². The summed E-state index contributed by atoms with van der Waals surface area (Å²) in [4.78, 5) is 39.2. The van der Waals surface area contributed by atoms with Crippen LogP contribution in [0, 0.1) is 11.8 Å². The Kier molecular flexibility index (Phi) is 9.17. The lowest BCUT2D eigenvalue weighted by Gasteiger charge is -2.37. The minimum Gasteiger partial charge on any atom is -0.460 e. The normalized spacial score (nSPS) is 26.6. The maximum Gasteiger partial charge on any atom is 0.306 e. The van der Waals surface area contributed by atoms with Gasteiger partial charge in [-0.1, -0.05) is 31.9 Å². The van der Waals surface area contributed by atoms with Gasteiger partial charge in [0.2, 0.25) is 5.91 Å². The Balaban J connectivity index is 1.39. The molecule has 0 radical (unpaired) electrons. The summed E-state index contributed by atoms with van der Waals surface area (Å²) in [7, 11) is 0. The summed E-state index contributed by atoms with van der Waals surface area (Å²) in [5, 5.41) is 4.03. The zero-order valence-corrected chi connectivity index (χ0v) is 23.8. The van der Waals surface area contributed by atoms with E-state index in [1.165, 1.54) is 61.8 Å². The lowest BCUT2D eigenvalue weighted by atomic mass is 9.79. The van der Waals surface area contributed by atoms with Crippen molar-refractivity contribution in [3.8, 4) is 0 Å². The van der Waals surface area contributed by atoms with Gasteiger partial charge in [0.15, 0.2) is 0 Å². The molecule has 1 heterocycles. The van der Waals surface area contributed by atoms with Crippen LogP contribution in [0.15, 0.2) is 18.2 Å². The van der Waals surface area contributed by atoms with Crippen molar-refractivity contribution >= 4 is 17.8 Å². The lowest BCUT2D eigenvalue weighted by molar-refractivity contribution is -0.155. The Morgan fingerprint density at radius 1 is 1.11 bits per heavy atom. The summed E-state index contributed by atoms with van der Waals surface area (Å²) in [6.07, 6.45) is 11.5. The molecule has 0 unspecified atom stereocenters. The zero-order chi connectivity index (χ0) is 27.4. The van der Waals surface area contributed by atoms with Crippen LogP contribution in [0.5, 0.6) is 0 Å². The van der Waals surface area contributed by atoms with Crippen molar-refractivity contribution in [1.29, 1.82) is 0 Å². The van der Waals surface area contributed by atoms with Crippen LogP contribution in [-0.4, -0.2) is 46.4 Å². The number of nitrogens with one attached hydrogen (secondary N) is 1. The van der Waals surface area contributed by atoms with Crippen LogP contribution in [0.25, 0.3) is 0 Å². The number of nitrogens with two attached hydrogens (primary N) is 1. The predicted octanol–water partition coefficient (Wildman–Crippen LogP) is 4.89. The highest BCUT2D eigenvalue weighted by Crippen LogP contribution is 2.33. The second kappa shape index (κ2) is 12.2. The number of carbonyl (C=O) groups is 3. The molecular weight excluding hydrogens is 478 g/mol. The molecule has 3 atom stereocenters. The maximum atomic E-state index is 13.2. The molecule has 0 spiro atoms. The number of fused-ring (bicyclic) bond motifs is 1. The largest absolute Gasteiger partial charge is 0.460 e. The van der Waals surface area contributed by atoms with Crippen LogP contribution in [-0.2, 0) is 27.3 Å². The summed E-state index contributed by atoms with van der Waals surface area (Å²) >= 11 is 0. The van der Waals surface area contributed by atoms with E-state index in [1.54, 1.807) is 20.8 Å². The smallest absolute Gasteiger partial charge is 0.306 e. The van der Waals surface area contributed by atoms with E-state index < -0.39 is 23.5 Å². The first-order chi connectivity index (χ1) is 18.0. The Bertz CT molecular complexity index is 1010. The quantitative estimate of drug-likeness (QED) is 0.447. The Labute approximate surface area is 228 Å². The second-order valence-electron chi connectivity index (χ2n) is 12.9. The Hall–Kier alpha value is -2.41. The van der Waals surface area contributed by atoms with Crippen LogP contribution in [0.2, 0.25) is 0 Å². The highest BCUT2D eigenvalue weighted by molar-refractivity contribution is 6.01. The highest BCUT2D eigenvalue weighted by Gasteiger charge is 2.36. The van der Waals surface area contributed by atoms with E-state index in [-0.39, 0.29) is 18.7 Å². The molecule has 2 fully saturated rings. The van der Waals surface area contributed by atoms with E-state index in [4.69, 9.17) is 10.5 Å². The summed E-state index contributed by atoms with van der Waals surface area (Å²) in [5.74, 6) is 0.275. The summed E-state index contributed by atoms with van der Waals surface area (Å²) in [5.41, 5.74) is 7.91. The van der Waals surface area contributed by atoms with Crippen LogP contribution in [0.3, 0.4) is 0 Å². The fourth-order valence-corrected chi connectivity index (χ4v) is 6.58. The molecule has 2 amide bonds. The number of carbonyl (C=O) groups excluding carboxylic acids is 3. The number of rotatable bonds is 9. The van der Waals surface area contributed by atoms with Gasteiger partial charge in [0.25, 0.3) is 5.91 Å². The van der Waals surface area contributed by atoms with Gasteiger partial charge in [0.1, 0.15) is 11.6 Å². The lowest BCUT2D eigenvalue weighted by Crippen LogP contribution is -2.46. The van der Waals surface area contributed by atoms with Gasteiger partial charge < -0.3 is 20.7 Å². The standard InChI is InChI=1S/C31H47N3O4/c1-20-9-12-24(13-10-20)33-26-8-6-5-7-22(26)17-21-11-14-25-23(18-21)19-34(30(25)37)27(29(32)36)15-16-28(35)38-31(2,3)4/h11,14,18,20,22,24,26-27,33H,5-10,12-13,15-17,19H2,1-4H3,(H2,32,36)/t20?,22-,24?,26+,27+/m1/s1. The SMILES string of the molecule is CC1CCC(N[C@H]2CCCC[C@@H]2Cc2ccc3c(c2)CN([C@@H](CCC(=O)OC(C)(C)C)C(N)=O)C3=O)CC1. The molecule has 3 aliphatic rings. The van der Waals surface area contributed by atoms with Gasteiger partial charge in [-0.25, -0.2) is 0 Å². The molecule has 38 heavy (non-hydrogen) atoms. The van der Waals surface area contributed by atoms with Crippen LogP contribution < -0.4 is 11.1 Å². The summed E-state index contributed by atoms with van der Waals surface area (Å²) in [6.45, 7) is 8.12. The number of primary amides is 1. The molecule has 210 valence electrons. The molecule has 4 rings (SSSR count). The number of ether oxygens (including phenoxy) is 1. The molecule has 2 aliphatic carbocycles.